The van der Waals surface area contributed by atoms with Gasteiger partial charge in [-0.2, -0.15) is 5.10 Å². The van der Waals surface area contributed by atoms with E-state index in [9.17, 15) is 4.79 Å². The van der Waals surface area contributed by atoms with E-state index in [2.05, 4.69) is 5.10 Å². The molecule has 0 aromatic carbocycles. The number of aliphatic hydroxyl groups is 1. The summed E-state index contributed by atoms with van der Waals surface area (Å²) in [7, 11) is 1.60. The summed E-state index contributed by atoms with van der Waals surface area (Å²) in [6.07, 6.45) is 0. The van der Waals surface area contributed by atoms with Gasteiger partial charge in [0.05, 0.1) is 12.3 Å². The molecule has 0 aliphatic rings. The standard InChI is InChI=1S/C6H9N3O2/c1-9-5(6(7)11)2-4(3-10)8-9/h2,10H,3H2,1H3,(H2,7,11). The van der Waals surface area contributed by atoms with Crippen LogP contribution in [0.25, 0.3) is 0 Å². The summed E-state index contributed by atoms with van der Waals surface area (Å²) in [4.78, 5) is 10.6. The van der Waals surface area contributed by atoms with Crippen molar-refractivity contribution in [1.82, 2.24) is 9.78 Å². The lowest BCUT2D eigenvalue weighted by molar-refractivity contribution is 0.0991. The normalized spacial score (nSPS) is 10.0. The number of aromatic nitrogens is 2. The van der Waals surface area contributed by atoms with Crippen LogP contribution in [-0.2, 0) is 13.7 Å². The van der Waals surface area contributed by atoms with Crippen molar-refractivity contribution in [1.29, 1.82) is 0 Å². The van der Waals surface area contributed by atoms with E-state index >= 15 is 0 Å². The van der Waals surface area contributed by atoms with E-state index in [0.29, 0.717) is 11.4 Å². The highest BCUT2D eigenvalue weighted by molar-refractivity contribution is 5.91. The van der Waals surface area contributed by atoms with Crippen molar-refractivity contribution in [3.8, 4) is 0 Å². The number of hydrogen-bond donors (Lipinski definition) is 2. The fourth-order valence-corrected chi connectivity index (χ4v) is 0.835. The molecule has 0 saturated heterocycles. The number of rotatable bonds is 2. The molecule has 1 rings (SSSR count). The van der Waals surface area contributed by atoms with Crippen molar-refractivity contribution < 1.29 is 9.90 Å². The van der Waals surface area contributed by atoms with Crippen molar-refractivity contribution in [2.75, 3.05) is 0 Å². The zero-order chi connectivity index (χ0) is 8.43. The van der Waals surface area contributed by atoms with Gasteiger partial charge in [-0.25, -0.2) is 0 Å². The third-order valence-corrected chi connectivity index (χ3v) is 1.34. The Bertz CT molecular complexity index is 279. The zero-order valence-electron chi connectivity index (χ0n) is 6.11. The molecule has 1 aromatic rings. The van der Waals surface area contributed by atoms with E-state index in [1.54, 1.807) is 7.05 Å². The highest BCUT2D eigenvalue weighted by atomic mass is 16.3. The maximum absolute atomic E-state index is 10.6. The molecule has 0 fully saturated rings. The molecule has 0 bridgehead atoms. The average Bonchev–Trinajstić information content (AvgIpc) is 2.30. The average molecular weight is 155 g/mol. The Labute approximate surface area is 63.4 Å². The van der Waals surface area contributed by atoms with Crippen LogP contribution in [0, 0.1) is 0 Å². The Balaban J connectivity index is 3.07. The van der Waals surface area contributed by atoms with Crippen LogP contribution in [0.4, 0.5) is 0 Å². The molecule has 5 heteroatoms. The number of hydrogen-bond acceptors (Lipinski definition) is 3. The molecule has 1 aromatic heterocycles. The summed E-state index contributed by atoms with van der Waals surface area (Å²) in [6.45, 7) is -0.179. The molecule has 0 aliphatic carbocycles. The Morgan fingerprint density at radius 3 is 2.82 bits per heavy atom. The molecule has 0 atom stereocenters. The van der Waals surface area contributed by atoms with Gasteiger partial charge < -0.3 is 10.8 Å². The number of primary amides is 1. The highest BCUT2D eigenvalue weighted by Gasteiger charge is 2.07. The van der Waals surface area contributed by atoms with Crippen LogP contribution < -0.4 is 5.73 Å². The van der Waals surface area contributed by atoms with Crippen molar-refractivity contribution in [2.24, 2.45) is 12.8 Å². The minimum Gasteiger partial charge on any atom is -0.390 e. The Morgan fingerprint density at radius 2 is 2.55 bits per heavy atom. The summed E-state index contributed by atoms with van der Waals surface area (Å²) in [5.74, 6) is -0.542. The van der Waals surface area contributed by atoms with Crippen molar-refractivity contribution in [3.63, 3.8) is 0 Å². The van der Waals surface area contributed by atoms with E-state index < -0.39 is 5.91 Å². The van der Waals surface area contributed by atoms with Gasteiger partial charge >= 0.3 is 0 Å². The molecule has 5 nitrogen and oxygen atoms in total. The van der Waals surface area contributed by atoms with Gasteiger partial charge in [0.1, 0.15) is 5.69 Å². The zero-order valence-corrected chi connectivity index (χ0v) is 6.11. The van der Waals surface area contributed by atoms with Crippen molar-refractivity contribution in [2.45, 2.75) is 6.61 Å². The van der Waals surface area contributed by atoms with E-state index in [4.69, 9.17) is 10.8 Å². The first-order chi connectivity index (χ1) is 5.15. The third kappa shape index (κ3) is 1.38. The fraction of sp³-hybridized carbons (Fsp3) is 0.333. The van der Waals surface area contributed by atoms with Crippen LogP contribution in [-0.4, -0.2) is 20.8 Å². The van der Waals surface area contributed by atoms with Crippen LogP contribution in [0.1, 0.15) is 16.2 Å². The van der Waals surface area contributed by atoms with Crippen LogP contribution in [0.3, 0.4) is 0 Å². The quantitative estimate of drug-likeness (QED) is 0.575. The minimum atomic E-state index is -0.542. The number of aryl methyl sites for hydroxylation is 1. The lowest BCUT2D eigenvalue weighted by atomic mass is 10.3. The van der Waals surface area contributed by atoms with Gasteiger partial charge in [-0.05, 0) is 6.07 Å². The van der Waals surface area contributed by atoms with Crippen LogP contribution in [0.5, 0.6) is 0 Å². The summed E-state index contributed by atoms with van der Waals surface area (Å²) in [5, 5.41) is 12.4. The van der Waals surface area contributed by atoms with Gasteiger partial charge in [-0.3, -0.25) is 9.48 Å². The van der Waals surface area contributed by atoms with Crippen LogP contribution >= 0.6 is 0 Å². The van der Waals surface area contributed by atoms with Gasteiger partial charge in [-0.15, -0.1) is 0 Å². The van der Waals surface area contributed by atoms with Gasteiger partial charge in [0.25, 0.3) is 5.91 Å². The van der Waals surface area contributed by atoms with Gasteiger partial charge in [0.2, 0.25) is 0 Å². The Hall–Kier alpha value is -1.36. The molecular formula is C6H9N3O2. The second-order valence-electron chi connectivity index (χ2n) is 2.17. The van der Waals surface area contributed by atoms with E-state index in [1.807, 2.05) is 0 Å². The molecule has 0 spiro atoms. The maximum Gasteiger partial charge on any atom is 0.266 e. The molecule has 1 heterocycles. The second-order valence-corrected chi connectivity index (χ2v) is 2.17. The maximum atomic E-state index is 10.6. The molecule has 0 unspecified atom stereocenters. The predicted molar refractivity (Wildman–Crippen MR) is 37.6 cm³/mol. The van der Waals surface area contributed by atoms with E-state index in [0.717, 1.165) is 0 Å². The smallest absolute Gasteiger partial charge is 0.266 e. The predicted octanol–water partition coefficient (Wildman–Crippen LogP) is -0.989. The lowest BCUT2D eigenvalue weighted by Gasteiger charge is -1.92. The Morgan fingerprint density at radius 1 is 1.91 bits per heavy atom. The fourth-order valence-electron chi connectivity index (χ4n) is 0.835. The number of nitrogens with two attached hydrogens (primary N) is 1. The molecular weight excluding hydrogens is 146 g/mol. The largest absolute Gasteiger partial charge is 0.390 e. The molecule has 1 amide bonds. The van der Waals surface area contributed by atoms with E-state index in [1.165, 1.54) is 10.7 Å². The summed E-state index contributed by atoms with van der Waals surface area (Å²) in [6, 6.07) is 1.46. The lowest BCUT2D eigenvalue weighted by Crippen LogP contribution is -2.15. The minimum absolute atomic E-state index is 0.179. The Kier molecular flexibility index (Phi) is 1.91. The van der Waals surface area contributed by atoms with E-state index in [-0.39, 0.29) is 6.61 Å². The first kappa shape index (κ1) is 7.74. The molecule has 3 N–H and O–H groups in total. The van der Waals surface area contributed by atoms with Crippen molar-refractivity contribution >= 4 is 5.91 Å². The summed E-state index contributed by atoms with van der Waals surface area (Å²) < 4.78 is 1.34. The number of carbonyl (C=O) groups excluding carboxylic acids is 1. The number of amides is 1. The first-order valence-corrected chi connectivity index (χ1v) is 3.08. The molecule has 0 saturated carbocycles. The van der Waals surface area contributed by atoms with Gasteiger partial charge in [-0.1, -0.05) is 0 Å². The topological polar surface area (TPSA) is 81.1 Å². The van der Waals surface area contributed by atoms with Crippen molar-refractivity contribution in [3.05, 3.63) is 17.5 Å². The SMILES string of the molecule is Cn1nc(CO)cc1C(N)=O. The van der Waals surface area contributed by atoms with Crippen LogP contribution in [0.15, 0.2) is 6.07 Å². The second kappa shape index (κ2) is 2.71. The summed E-state index contributed by atoms with van der Waals surface area (Å²) in [5.41, 5.74) is 5.75. The van der Waals surface area contributed by atoms with Gasteiger partial charge in [0.15, 0.2) is 0 Å². The number of aliphatic hydroxyl groups excluding tert-OH is 1. The number of carbonyl (C=O) groups is 1. The monoisotopic (exact) mass is 155 g/mol. The van der Waals surface area contributed by atoms with Gasteiger partial charge in [0, 0.05) is 7.05 Å². The third-order valence-electron chi connectivity index (χ3n) is 1.34. The molecule has 0 aliphatic heterocycles. The van der Waals surface area contributed by atoms with Crippen LogP contribution in [0.2, 0.25) is 0 Å². The summed E-state index contributed by atoms with van der Waals surface area (Å²) >= 11 is 0. The molecule has 11 heavy (non-hydrogen) atoms. The number of nitrogens with zero attached hydrogens (tertiary/aromatic N) is 2. The highest BCUT2D eigenvalue weighted by Crippen LogP contribution is 2.01. The molecule has 60 valence electrons. The first-order valence-electron chi connectivity index (χ1n) is 3.08. The molecule has 0 radical (unpaired) electrons.